The molecule has 6 rings (SSSR count). The van der Waals surface area contributed by atoms with E-state index in [4.69, 9.17) is 20.9 Å². The Hall–Kier alpha value is -4.94. The molecule has 12 heteroatoms. The van der Waals surface area contributed by atoms with Crippen LogP contribution in [0.5, 0.6) is 11.5 Å². The van der Waals surface area contributed by atoms with Gasteiger partial charge >= 0.3 is 5.97 Å². The molecule has 0 aliphatic heterocycles. The molecule has 2 aliphatic rings. The molecule has 7 N–H and O–H groups in total. The van der Waals surface area contributed by atoms with Crippen molar-refractivity contribution in [2.24, 2.45) is 16.9 Å². The summed E-state index contributed by atoms with van der Waals surface area (Å²) in [4.78, 5) is 36.9. The van der Waals surface area contributed by atoms with Crippen LogP contribution in [0.4, 0.5) is 0 Å². The maximum atomic E-state index is 13.1. The number of aromatic carboxylic acids is 1. The van der Waals surface area contributed by atoms with Crippen LogP contribution in [-0.4, -0.2) is 62.0 Å². The lowest BCUT2D eigenvalue weighted by Crippen LogP contribution is -2.58. The summed E-state index contributed by atoms with van der Waals surface area (Å²) in [5.74, 6) is -0.978. The van der Waals surface area contributed by atoms with Crippen molar-refractivity contribution in [2.45, 2.75) is 63.8 Å². The Morgan fingerprint density at radius 1 is 1.04 bits per heavy atom. The summed E-state index contributed by atoms with van der Waals surface area (Å²) in [5, 5.41) is 26.8. The number of nitrogens with one attached hydrogen (secondary N) is 1. The third-order valence-electron chi connectivity index (χ3n) is 8.69. The van der Waals surface area contributed by atoms with Crippen molar-refractivity contribution in [3.63, 3.8) is 0 Å². The van der Waals surface area contributed by atoms with Gasteiger partial charge in [0.25, 0.3) is 11.8 Å². The van der Waals surface area contributed by atoms with Gasteiger partial charge < -0.3 is 36.5 Å². The first-order chi connectivity index (χ1) is 21.8. The highest BCUT2D eigenvalue weighted by Gasteiger charge is 2.54. The fraction of sp³-hybridized carbons (Fsp3) is 0.353. The van der Waals surface area contributed by atoms with E-state index in [0.29, 0.717) is 39.3 Å². The van der Waals surface area contributed by atoms with Crippen molar-refractivity contribution in [1.82, 2.24) is 14.9 Å². The molecule has 2 saturated carbocycles. The van der Waals surface area contributed by atoms with E-state index in [1.807, 2.05) is 6.07 Å². The molecule has 2 heterocycles. The number of fused-ring (bicyclic) bond motifs is 1. The number of hydrogen-bond donors (Lipinski definition) is 5. The molecule has 2 aromatic carbocycles. The van der Waals surface area contributed by atoms with Crippen molar-refractivity contribution in [1.29, 1.82) is 0 Å². The molecular weight excluding hydrogens is 590 g/mol. The molecule has 12 nitrogen and oxygen atoms in total. The summed E-state index contributed by atoms with van der Waals surface area (Å²) in [6.07, 6.45) is 6.27. The van der Waals surface area contributed by atoms with Gasteiger partial charge in [-0.2, -0.15) is 5.10 Å². The Kier molecular flexibility index (Phi) is 7.95. The number of hydrogen-bond acceptors (Lipinski definition) is 8. The van der Waals surface area contributed by atoms with Gasteiger partial charge in [-0.3, -0.25) is 9.59 Å². The number of benzene rings is 2. The van der Waals surface area contributed by atoms with E-state index < -0.39 is 17.5 Å². The largest absolute Gasteiger partial charge is 0.490 e. The summed E-state index contributed by atoms with van der Waals surface area (Å²) >= 11 is 0. The van der Waals surface area contributed by atoms with Crippen LogP contribution in [0.25, 0.3) is 16.6 Å². The molecule has 0 radical (unpaired) electrons. The van der Waals surface area contributed by atoms with Crippen LogP contribution in [0, 0.1) is 5.41 Å². The third-order valence-corrected chi connectivity index (χ3v) is 8.69. The van der Waals surface area contributed by atoms with Crippen molar-refractivity contribution >= 4 is 23.3 Å². The zero-order valence-electron chi connectivity index (χ0n) is 25.7. The molecule has 1 spiro atoms. The number of carboxylic acids is 1. The molecule has 2 fully saturated rings. The smallest absolute Gasteiger partial charge is 0.335 e. The van der Waals surface area contributed by atoms with Crippen LogP contribution in [-0.2, 0) is 6.54 Å². The number of nitrogens with zero attached hydrogens (tertiary/aromatic N) is 2. The van der Waals surface area contributed by atoms with Crippen molar-refractivity contribution < 1.29 is 34.1 Å². The van der Waals surface area contributed by atoms with Gasteiger partial charge in [-0.15, -0.1) is 0 Å². The van der Waals surface area contributed by atoms with Gasteiger partial charge in [-0.1, -0.05) is 6.07 Å². The molecule has 2 aliphatic carbocycles. The van der Waals surface area contributed by atoms with Crippen molar-refractivity contribution in [3.8, 4) is 22.6 Å². The number of carbonyl (C=O) groups excluding carboxylic acids is 2. The first-order valence-corrected chi connectivity index (χ1v) is 15.1. The normalized spacial score (nSPS) is 20.5. The average Bonchev–Trinajstić information content (AvgIpc) is 3.40. The van der Waals surface area contributed by atoms with Crippen LogP contribution in [0.3, 0.4) is 0 Å². The summed E-state index contributed by atoms with van der Waals surface area (Å²) in [6.45, 7) is 3.63. The molecule has 0 unspecified atom stereocenters. The molecule has 0 atom stereocenters. The minimum atomic E-state index is -1.06. The SMILES string of the molecule is CC(C)(O)COc1ccc2c(C(=O)NC3CC4(C3)CC(Oc3cc(-c5cc(CN)cc(C(=O)O)c5)ccc3C(N)=O)C4)cnn2c1. The predicted octanol–water partition coefficient (Wildman–Crippen LogP) is 3.53. The molecule has 0 bridgehead atoms. The third kappa shape index (κ3) is 6.40. The Bertz CT molecular complexity index is 1830. The van der Waals surface area contributed by atoms with Gasteiger partial charge in [0, 0.05) is 12.6 Å². The standard InChI is InChI=1S/C34H37N5O7/c1-33(2,44)18-45-24-4-6-28-27(16-37-39(28)17-24)31(41)38-23-11-34(12-23)13-25(14-34)46-29-10-20(3-5-26(29)30(36)40)21-7-19(15-35)8-22(9-21)32(42)43/h3-10,16-17,23,25,44H,11-15,18,35H2,1-2H3,(H2,36,40)(H,38,41)(H,42,43). The number of nitrogens with two attached hydrogens (primary N) is 2. The van der Waals surface area contributed by atoms with Crippen LogP contribution < -0.4 is 26.3 Å². The van der Waals surface area contributed by atoms with E-state index in [0.717, 1.165) is 25.7 Å². The Morgan fingerprint density at radius 2 is 1.80 bits per heavy atom. The number of aromatic nitrogens is 2. The lowest BCUT2D eigenvalue weighted by Gasteiger charge is -2.57. The topological polar surface area (TPSA) is 191 Å². The lowest BCUT2D eigenvalue weighted by atomic mass is 9.53. The quantitative estimate of drug-likeness (QED) is 0.166. The maximum absolute atomic E-state index is 13.1. The second-order valence-electron chi connectivity index (χ2n) is 13.1. The number of amides is 2. The molecule has 2 aromatic heterocycles. The number of carbonyl (C=O) groups is 3. The number of rotatable bonds is 11. The lowest BCUT2D eigenvalue weighted by molar-refractivity contribution is -0.0834. The molecule has 240 valence electrons. The van der Waals surface area contributed by atoms with Gasteiger partial charge in [0.1, 0.15) is 18.1 Å². The van der Waals surface area contributed by atoms with E-state index >= 15 is 0 Å². The first kappa shape index (κ1) is 31.1. The zero-order valence-corrected chi connectivity index (χ0v) is 25.7. The maximum Gasteiger partial charge on any atom is 0.335 e. The number of ether oxygens (including phenoxy) is 2. The van der Waals surface area contributed by atoms with Gasteiger partial charge in [0.2, 0.25) is 0 Å². The van der Waals surface area contributed by atoms with E-state index in [2.05, 4.69) is 10.4 Å². The molecule has 4 aromatic rings. The van der Waals surface area contributed by atoms with E-state index in [-0.39, 0.29) is 47.7 Å². The van der Waals surface area contributed by atoms with E-state index in [1.54, 1.807) is 61.0 Å². The van der Waals surface area contributed by atoms with Gasteiger partial charge in [-0.05, 0) is 104 Å². The van der Waals surface area contributed by atoms with Gasteiger partial charge in [0.15, 0.2) is 0 Å². The second kappa shape index (κ2) is 11.8. The van der Waals surface area contributed by atoms with E-state index in [1.165, 1.54) is 12.3 Å². The molecule has 46 heavy (non-hydrogen) atoms. The van der Waals surface area contributed by atoms with Gasteiger partial charge in [-0.25, -0.2) is 9.31 Å². The van der Waals surface area contributed by atoms with Crippen LogP contribution in [0.15, 0.2) is 60.9 Å². The van der Waals surface area contributed by atoms with Crippen LogP contribution in [0.2, 0.25) is 0 Å². The summed E-state index contributed by atoms with van der Waals surface area (Å²) in [6, 6.07) is 13.5. The zero-order chi connectivity index (χ0) is 32.8. The molecule has 0 saturated heterocycles. The second-order valence-corrected chi connectivity index (χ2v) is 13.1. The van der Waals surface area contributed by atoms with Crippen molar-refractivity contribution in [2.75, 3.05) is 6.61 Å². The highest BCUT2D eigenvalue weighted by atomic mass is 16.5. The van der Waals surface area contributed by atoms with Crippen LogP contribution >= 0.6 is 0 Å². The fourth-order valence-corrected chi connectivity index (χ4v) is 6.44. The molecular formula is C34H37N5O7. The highest BCUT2D eigenvalue weighted by Crippen LogP contribution is 2.57. The summed E-state index contributed by atoms with van der Waals surface area (Å²) in [5.41, 5.74) is 14.0. The summed E-state index contributed by atoms with van der Waals surface area (Å²) < 4.78 is 13.5. The van der Waals surface area contributed by atoms with E-state index in [9.17, 15) is 24.6 Å². The monoisotopic (exact) mass is 627 g/mol. The highest BCUT2D eigenvalue weighted by molar-refractivity contribution is 6.01. The Labute approximate surface area is 265 Å². The number of pyridine rings is 1. The summed E-state index contributed by atoms with van der Waals surface area (Å²) in [7, 11) is 0. The minimum Gasteiger partial charge on any atom is -0.490 e. The number of aliphatic hydroxyl groups is 1. The number of primary amides is 1. The number of carboxylic acid groups (broad SMARTS) is 1. The van der Waals surface area contributed by atoms with Crippen molar-refractivity contribution in [3.05, 3.63) is 83.2 Å². The van der Waals surface area contributed by atoms with Crippen LogP contribution in [0.1, 0.15) is 76.2 Å². The van der Waals surface area contributed by atoms with Gasteiger partial charge in [0.05, 0.1) is 46.3 Å². The fourth-order valence-electron chi connectivity index (χ4n) is 6.44. The minimum absolute atomic E-state index is 0.0283. The predicted molar refractivity (Wildman–Crippen MR) is 169 cm³/mol. The molecule has 2 amide bonds. The Balaban J connectivity index is 1.06. The average molecular weight is 628 g/mol. The Morgan fingerprint density at radius 3 is 2.48 bits per heavy atom. The first-order valence-electron chi connectivity index (χ1n) is 15.1.